The maximum absolute atomic E-state index is 15.5. The van der Waals surface area contributed by atoms with Gasteiger partial charge >= 0.3 is 17.9 Å². The second-order valence-corrected chi connectivity index (χ2v) is 27.2. The summed E-state index contributed by atoms with van der Waals surface area (Å²) < 4.78 is 25.1. The van der Waals surface area contributed by atoms with Crippen molar-refractivity contribution in [3.05, 3.63) is 160 Å². The van der Waals surface area contributed by atoms with Gasteiger partial charge in [0.15, 0.2) is 5.78 Å². The van der Waals surface area contributed by atoms with E-state index >= 15 is 9.59 Å². The van der Waals surface area contributed by atoms with Crippen molar-refractivity contribution in [1.82, 2.24) is 21.3 Å². The predicted molar refractivity (Wildman–Crippen MR) is 356 cm³/mol. The van der Waals surface area contributed by atoms with E-state index < -0.39 is 167 Å². The van der Waals surface area contributed by atoms with Gasteiger partial charge in [-0.05, 0) is 111 Å². The zero-order chi connectivity index (χ0) is 70.7. The van der Waals surface area contributed by atoms with Gasteiger partial charge in [-0.25, -0.2) is 9.59 Å². The van der Waals surface area contributed by atoms with Crippen LogP contribution in [-0.4, -0.2) is 136 Å². The number of aliphatic hydroxyl groups excluding tert-OH is 1. The average molecular weight is 1360 g/mol. The van der Waals surface area contributed by atoms with Gasteiger partial charge in [-0.15, -0.1) is 0 Å². The molecule has 2 unspecified atom stereocenters. The van der Waals surface area contributed by atoms with E-state index in [1.165, 1.54) is 19.1 Å². The highest BCUT2D eigenvalue weighted by Gasteiger charge is 2.75. The number of halogens is 1. The third-order valence-corrected chi connectivity index (χ3v) is 20.3. The summed E-state index contributed by atoms with van der Waals surface area (Å²) in [6.45, 7) is 12.0. The number of carbonyl (C=O) groups is 11. The minimum absolute atomic E-state index is 0.0545. The first-order chi connectivity index (χ1) is 45.9. The molecule has 24 heteroatoms. The number of unbranched alkanes of at least 4 members (excludes halogenated alkanes) is 1. The number of nitrogens with two attached hydrogens (primary N) is 2. The molecule has 3 aliphatic carbocycles. The van der Waals surface area contributed by atoms with Crippen LogP contribution in [0.3, 0.4) is 0 Å². The molecule has 3 fully saturated rings. The molecule has 0 radical (unpaired) electrons. The summed E-state index contributed by atoms with van der Waals surface area (Å²) in [5.74, 6) is -11.2. The van der Waals surface area contributed by atoms with Crippen molar-refractivity contribution in [3.8, 4) is 0 Å². The number of ketones is 2. The fourth-order valence-electron chi connectivity index (χ4n) is 14.5. The fourth-order valence-corrected chi connectivity index (χ4v) is 14.6. The van der Waals surface area contributed by atoms with Crippen LogP contribution in [0.5, 0.6) is 0 Å². The van der Waals surface area contributed by atoms with Gasteiger partial charge in [-0.2, -0.15) is 0 Å². The van der Waals surface area contributed by atoms with Gasteiger partial charge in [0.05, 0.1) is 42.3 Å². The molecule has 14 atom stereocenters. The van der Waals surface area contributed by atoms with E-state index in [1.54, 1.807) is 150 Å². The summed E-state index contributed by atoms with van der Waals surface area (Å²) in [6, 6.07) is 27.5. The molecule has 2 bridgehead atoms. The van der Waals surface area contributed by atoms with Crippen LogP contribution >= 0.6 is 11.6 Å². The molecule has 518 valence electrons. The maximum atomic E-state index is 15.5. The highest BCUT2D eigenvalue weighted by Crippen LogP contribution is 2.66. The van der Waals surface area contributed by atoms with E-state index in [-0.39, 0.29) is 75.0 Å². The molecule has 4 aliphatic rings. The summed E-state index contributed by atoms with van der Waals surface area (Å²) in [5.41, 5.74) is 7.26. The molecule has 1 aliphatic heterocycles. The summed E-state index contributed by atoms with van der Waals surface area (Å²) in [6.07, 6.45) is -5.52. The molecule has 4 aromatic rings. The van der Waals surface area contributed by atoms with Gasteiger partial charge in [0, 0.05) is 83.9 Å². The van der Waals surface area contributed by atoms with Crippen molar-refractivity contribution >= 4 is 82.6 Å². The number of hydrogen-bond acceptors (Lipinski definition) is 17. The summed E-state index contributed by atoms with van der Waals surface area (Å²) in [4.78, 5) is 150. The van der Waals surface area contributed by atoms with E-state index in [1.807, 2.05) is 6.92 Å². The molecule has 10 N–H and O–H groups in total. The van der Waals surface area contributed by atoms with Crippen LogP contribution in [0.25, 0.3) is 6.08 Å². The lowest BCUT2D eigenvalue weighted by atomic mass is 9.41. The summed E-state index contributed by atoms with van der Waals surface area (Å²) in [5, 5.41) is 37.2. The Morgan fingerprint density at radius 2 is 1.39 bits per heavy atom. The first kappa shape index (κ1) is 73.9. The number of amides is 6. The molecule has 1 saturated heterocycles. The van der Waals surface area contributed by atoms with Crippen LogP contribution in [-0.2, 0) is 62.1 Å². The van der Waals surface area contributed by atoms with Gasteiger partial charge in [0.25, 0.3) is 5.91 Å². The number of hydrogen-bond donors (Lipinski definition) is 8. The molecule has 8 rings (SSSR count). The maximum Gasteiger partial charge on any atom is 0.350 e. The first-order valence-corrected chi connectivity index (χ1v) is 33.0. The van der Waals surface area contributed by atoms with Crippen molar-refractivity contribution in [2.75, 3.05) is 13.2 Å². The van der Waals surface area contributed by atoms with E-state index in [4.69, 9.17) is 42.0 Å². The number of esters is 3. The number of nitrogens with one attached hydrogen (secondary N) is 4. The number of primary amides is 2. The number of aliphatic hydroxyl groups is 2. The lowest BCUT2D eigenvalue weighted by Crippen LogP contribution is -2.77. The Morgan fingerprint density at radius 1 is 0.763 bits per heavy atom. The van der Waals surface area contributed by atoms with Crippen LogP contribution in [0.1, 0.15) is 151 Å². The number of benzene rings is 4. The zero-order valence-electron chi connectivity index (χ0n) is 55.5. The largest absolute Gasteiger partial charge is 0.455 e. The van der Waals surface area contributed by atoms with Crippen molar-refractivity contribution in [1.29, 1.82) is 0 Å². The Labute approximate surface area is 568 Å². The molecule has 97 heavy (non-hydrogen) atoms. The molecule has 0 spiro atoms. The van der Waals surface area contributed by atoms with Gasteiger partial charge in [-0.3, -0.25) is 43.2 Å². The fraction of sp³-hybridized carbons (Fsp3) is 0.466. The Bertz CT molecular complexity index is 3660. The third-order valence-electron chi connectivity index (χ3n) is 20.1. The molecule has 2 saturated carbocycles. The SMILES string of the molecule is CC1=C2[C@@H](C)C(=O)[C@@]3(C)[C@H]([C@H](OC(=O)c4ccccc4)[C@](O)(C[C@@H]1OC(=O)[C@H](OC(=O)CCC(=O)NCCCCC(NC(=O)CC[C@H](CC(=O)C(C)NC(=O)/C=C/c1ccc(Cl)cc1)C(N)=O)C(N)=O)[C@@H](NC(=O)c1ccccc1)c1ccccc1)C2(C)C)[C@]1(C)CO[C@@H]1C[C@@H]3O. The normalized spacial score (nSPS) is 25.4. The highest BCUT2D eigenvalue weighted by molar-refractivity contribution is 6.30. The van der Waals surface area contributed by atoms with E-state index in [0.717, 1.165) is 0 Å². The molecular formula is C73H87ClN6O17. The monoisotopic (exact) mass is 1350 g/mol. The third kappa shape index (κ3) is 16.7. The second kappa shape index (κ2) is 31.5. The highest BCUT2D eigenvalue weighted by atomic mass is 35.5. The van der Waals surface area contributed by atoms with Gasteiger partial charge < -0.3 is 61.9 Å². The lowest BCUT2D eigenvalue weighted by Gasteiger charge is -2.68. The molecular weight excluding hydrogens is 1270 g/mol. The Morgan fingerprint density at radius 3 is 2.00 bits per heavy atom. The van der Waals surface area contributed by atoms with Crippen LogP contribution in [0.2, 0.25) is 5.02 Å². The smallest absolute Gasteiger partial charge is 0.350 e. The Balaban J connectivity index is 0.933. The number of Topliss-reactive ketones (excluding diaryl/α,β-unsaturated/α-hetero) is 2. The van der Waals surface area contributed by atoms with Gasteiger partial charge in [-0.1, -0.05) is 118 Å². The first-order valence-electron chi connectivity index (χ1n) is 32.7. The lowest BCUT2D eigenvalue weighted by molar-refractivity contribution is -0.312. The number of rotatable bonds is 29. The molecule has 6 amide bonds. The molecule has 23 nitrogen and oxygen atoms in total. The predicted octanol–water partition coefficient (Wildman–Crippen LogP) is 6.44. The topological polar surface area (TPSA) is 365 Å². The van der Waals surface area contributed by atoms with Crippen LogP contribution in [0.4, 0.5) is 0 Å². The summed E-state index contributed by atoms with van der Waals surface area (Å²) in [7, 11) is 0. The van der Waals surface area contributed by atoms with Crippen molar-refractivity contribution in [2.45, 2.75) is 167 Å². The van der Waals surface area contributed by atoms with Crippen molar-refractivity contribution in [3.63, 3.8) is 0 Å². The second-order valence-electron chi connectivity index (χ2n) is 26.8. The average Bonchev–Trinajstić information content (AvgIpc) is 0.674. The molecule has 4 aromatic carbocycles. The minimum Gasteiger partial charge on any atom is -0.455 e. The van der Waals surface area contributed by atoms with Gasteiger partial charge in [0.2, 0.25) is 35.6 Å². The number of ether oxygens (including phenoxy) is 4. The Kier molecular flexibility index (Phi) is 24.0. The van der Waals surface area contributed by atoms with Gasteiger partial charge in [0.1, 0.15) is 35.7 Å². The standard InChI is InChI=1S/C73H87ClN6O17/c1-41-52(39-73(93)64(97-68(91)47-23-15-10-16-24-47)62-71(6)40-94-54(71)38-53(82)72(62,7)63(87)42(2)59(41)70(73,4)5)95-69(92)61(60(45-19-11-8-12-20-45)80-67(90)46-21-13-9-14-22-46)96-58(86)35-34-55(83)77-36-18-17-25-50(66(76)89)79-57(85)33-29-48(65(75)88)37-51(81)43(3)78-56(84)32-28-44-26-30-49(74)31-27-44/h8-16,19-24,26-28,30-32,42-43,48,50,52-54,60-62,64,82,93H,17-18,25,29,33-40H2,1-7H3,(H2,75,88)(H2,76,89)(H,77,83)(H,78,84)(H,79,85)(H,80,90)/b32-28+/t42-,43?,48-,50?,52+,53+,54-,60+,61-,62-,64+,71-,72-,73-/m1/s1. The molecule has 0 aromatic heterocycles. The quantitative estimate of drug-likeness (QED) is 0.00952. The van der Waals surface area contributed by atoms with Crippen molar-refractivity contribution in [2.24, 2.45) is 45.5 Å². The zero-order valence-corrected chi connectivity index (χ0v) is 56.3. The number of carbonyl (C=O) groups excluding carboxylic acids is 11. The van der Waals surface area contributed by atoms with E-state index in [0.29, 0.717) is 27.3 Å². The van der Waals surface area contributed by atoms with Crippen LogP contribution < -0.4 is 32.7 Å². The van der Waals surface area contributed by atoms with Crippen LogP contribution in [0.15, 0.2) is 132 Å². The Hall–Kier alpha value is -8.90. The van der Waals surface area contributed by atoms with Crippen molar-refractivity contribution < 1.29 is 81.9 Å². The molecule has 1 heterocycles. The summed E-state index contributed by atoms with van der Waals surface area (Å²) >= 11 is 5.91. The van der Waals surface area contributed by atoms with E-state index in [2.05, 4.69) is 21.3 Å². The van der Waals surface area contributed by atoms with Crippen LogP contribution in [0, 0.1) is 34.0 Å². The number of fused-ring (bicyclic) bond motifs is 5. The minimum atomic E-state index is -2.16. The van der Waals surface area contributed by atoms with E-state index in [9.17, 15) is 53.4 Å².